The van der Waals surface area contributed by atoms with Crippen molar-refractivity contribution < 1.29 is 9.34 Å². The number of H-pyrrole nitrogens is 1. The molecule has 0 amide bonds. The summed E-state index contributed by atoms with van der Waals surface area (Å²) in [5.74, 6) is 0.164. The summed E-state index contributed by atoms with van der Waals surface area (Å²) in [4.78, 5) is 10.3. The Labute approximate surface area is 106 Å². The molecule has 0 fully saturated rings. The number of aromatic amines is 1. The normalized spacial score (nSPS) is 10.5. The number of aromatic nitrogens is 2. The molecule has 0 bridgehead atoms. The van der Waals surface area contributed by atoms with Crippen LogP contribution in [0.3, 0.4) is 0 Å². The minimum Gasteiger partial charge on any atom is -0.453 e. The van der Waals surface area contributed by atoms with E-state index in [9.17, 15) is 10.1 Å². The lowest BCUT2D eigenvalue weighted by Crippen LogP contribution is -1.86. The number of hydrogen-bond acceptors (Lipinski definition) is 5. The first-order chi connectivity index (χ1) is 9.19. The summed E-state index contributed by atoms with van der Waals surface area (Å²) >= 11 is 0. The molecule has 0 spiro atoms. The molecule has 7 heteroatoms. The average Bonchev–Trinajstić information content (AvgIpc) is 3.03. The Hall–Kier alpha value is -3.14. The minimum atomic E-state index is -0.466. The lowest BCUT2D eigenvalue weighted by molar-refractivity contribution is -0.384. The van der Waals surface area contributed by atoms with E-state index in [-0.39, 0.29) is 11.4 Å². The zero-order valence-corrected chi connectivity index (χ0v) is 9.45. The van der Waals surface area contributed by atoms with Crippen LogP contribution in [-0.2, 0) is 0 Å². The lowest BCUT2D eigenvalue weighted by atomic mass is 10.1. The summed E-state index contributed by atoms with van der Waals surface area (Å²) in [5, 5.41) is 27.0. The molecule has 0 aliphatic heterocycles. The molecule has 0 saturated heterocycles. The smallest absolute Gasteiger partial charge is 0.270 e. The van der Waals surface area contributed by atoms with Crippen LogP contribution in [0, 0.1) is 21.4 Å². The molecule has 0 aliphatic rings. The van der Waals surface area contributed by atoms with Gasteiger partial charge in [0.15, 0.2) is 0 Å². The van der Waals surface area contributed by atoms with Crippen molar-refractivity contribution in [2.45, 2.75) is 0 Å². The van der Waals surface area contributed by atoms with Crippen LogP contribution in [0.25, 0.3) is 22.2 Å². The number of nitro groups is 1. The SMILES string of the molecule is N#Cc1cc(-c2n[nH]c3ccc([N+](=O)[O-])cc23)co1. The van der Waals surface area contributed by atoms with Crippen LogP contribution in [0.1, 0.15) is 5.76 Å². The van der Waals surface area contributed by atoms with Gasteiger partial charge in [-0.1, -0.05) is 0 Å². The Kier molecular flexibility index (Phi) is 2.29. The maximum atomic E-state index is 10.8. The molecule has 2 aromatic heterocycles. The van der Waals surface area contributed by atoms with Gasteiger partial charge in [-0.05, 0) is 6.07 Å². The van der Waals surface area contributed by atoms with Crippen LogP contribution in [-0.4, -0.2) is 15.1 Å². The van der Waals surface area contributed by atoms with E-state index in [1.165, 1.54) is 24.5 Å². The molecule has 0 radical (unpaired) electrons. The third-order valence-electron chi connectivity index (χ3n) is 2.74. The summed E-state index contributed by atoms with van der Waals surface area (Å²) in [6.45, 7) is 0. The van der Waals surface area contributed by atoms with Crippen molar-refractivity contribution in [3.63, 3.8) is 0 Å². The molecular formula is C12H6N4O3. The van der Waals surface area contributed by atoms with Crippen molar-refractivity contribution in [2.75, 3.05) is 0 Å². The van der Waals surface area contributed by atoms with Crippen molar-refractivity contribution in [2.24, 2.45) is 0 Å². The summed E-state index contributed by atoms with van der Waals surface area (Å²) in [5.41, 5.74) is 1.78. The number of nitrogens with zero attached hydrogens (tertiary/aromatic N) is 3. The van der Waals surface area contributed by atoms with Gasteiger partial charge in [-0.15, -0.1) is 0 Å². The highest BCUT2D eigenvalue weighted by molar-refractivity contribution is 5.94. The Morgan fingerprint density at radius 3 is 2.95 bits per heavy atom. The summed E-state index contributed by atoms with van der Waals surface area (Å²) < 4.78 is 5.02. The minimum absolute atomic E-state index is 0.0147. The van der Waals surface area contributed by atoms with Crippen molar-refractivity contribution in [1.29, 1.82) is 5.26 Å². The molecule has 0 unspecified atom stereocenters. The molecule has 1 N–H and O–H groups in total. The first-order valence-corrected chi connectivity index (χ1v) is 5.30. The average molecular weight is 254 g/mol. The van der Waals surface area contributed by atoms with E-state index in [4.69, 9.17) is 9.68 Å². The van der Waals surface area contributed by atoms with E-state index >= 15 is 0 Å². The molecule has 0 aliphatic carbocycles. The predicted octanol–water partition coefficient (Wildman–Crippen LogP) is 2.60. The predicted molar refractivity (Wildman–Crippen MR) is 65.2 cm³/mol. The van der Waals surface area contributed by atoms with Crippen molar-refractivity contribution >= 4 is 16.6 Å². The van der Waals surface area contributed by atoms with Gasteiger partial charge in [0.1, 0.15) is 18.0 Å². The quantitative estimate of drug-likeness (QED) is 0.558. The van der Waals surface area contributed by atoms with Gasteiger partial charge < -0.3 is 4.42 Å². The van der Waals surface area contributed by atoms with Gasteiger partial charge in [0.05, 0.1) is 10.4 Å². The van der Waals surface area contributed by atoms with Crippen molar-refractivity contribution in [3.05, 3.63) is 46.4 Å². The summed E-state index contributed by atoms with van der Waals surface area (Å²) in [7, 11) is 0. The molecule has 1 aromatic carbocycles. The number of furan rings is 1. The number of nitro benzene ring substituents is 1. The van der Waals surface area contributed by atoms with Crippen LogP contribution in [0.5, 0.6) is 0 Å². The van der Waals surface area contributed by atoms with Crippen LogP contribution >= 0.6 is 0 Å². The Bertz CT molecular complexity index is 825. The van der Waals surface area contributed by atoms with Gasteiger partial charge in [0.25, 0.3) is 5.69 Å². The first-order valence-electron chi connectivity index (χ1n) is 5.30. The van der Waals surface area contributed by atoms with E-state index in [2.05, 4.69) is 10.2 Å². The molecule has 2 heterocycles. The highest BCUT2D eigenvalue weighted by atomic mass is 16.6. The zero-order valence-electron chi connectivity index (χ0n) is 9.45. The van der Waals surface area contributed by atoms with Crippen molar-refractivity contribution in [1.82, 2.24) is 10.2 Å². The highest BCUT2D eigenvalue weighted by Gasteiger charge is 2.14. The Balaban J connectivity index is 2.21. The first kappa shape index (κ1) is 11.0. The topological polar surface area (TPSA) is 109 Å². The van der Waals surface area contributed by atoms with E-state index in [0.29, 0.717) is 22.2 Å². The van der Waals surface area contributed by atoms with Crippen LogP contribution in [0.15, 0.2) is 34.9 Å². The summed E-state index contributed by atoms with van der Waals surface area (Å²) in [6, 6.07) is 7.84. The number of rotatable bonds is 2. The third-order valence-corrected chi connectivity index (χ3v) is 2.74. The number of benzene rings is 1. The standard InChI is InChI=1S/C12H6N4O3/c13-5-9-3-7(6-19-9)12-10-4-8(16(17)18)1-2-11(10)14-15-12/h1-4,6H,(H,14,15). The van der Waals surface area contributed by atoms with Gasteiger partial charge in [0.2, 0.25) is 5.76 Å². The largest absolute Gasteiger partial charge is 0.453 e. The fourth-order valence-electron chi connectivity index (χ4n) is 1.85. The van der Waals surface area contributed by atoms with Gasteiger partial charge in [0, 0.05) is 29.1 Å². The van der Waals surface area contributed by atoms with Crippen molar-refractivity contribution in [3.8, 4) is 17.3 Å². The number of hydrogen-bond donors (Lipinski definition) is 1. The van der Waals surface area contributed by atoms with Crippen LogP contribution < -0.4 is 0 Å². The van der Waals surface area contributed by atoms with Gasteiger partial charge in [-0.2, -0.15) is 10.4 Å². The highest BCUT2D eigenvalue weighted by Crippen LogP contribution is 2.30. The Morgan fingerprint density at radius 1 is 1.42 bits per heavy atom. The van der Waals surface area contributed by atoms with E-state index in [1.54, 1.807) is 6.07 Å². The van der Waals surface area contributed by atoms with E-state index < -0.39 is 4.92 Å². The Morgan fingerprint density at radius 2 is 2.26 bits per heavy atom. The zero-order chi connectivity index (χ0) is 13.4. The lowest BCUT2D eigenvalue weighted by Gasteiger charge is -1.93. The van der Waals surface area contributed by atoms with E-state index in [0.717, 1.165) is 0 Å². The molecule has 7 nitrogen and oxygen atoms in total. The molecule has 92 valence electrons. The third kappa shape index (κ3) is 1.71. The maximum absolute atomic E-state index is 10.8. The number of nitriles is 1. The maximum Gasteiger partial charge on any atom is 0.270 e. The summed E-state index contributed by atoms with van der Waals surface area (Å²) in [6.07, 6.45) is 1.40. The molecule has 3 rings (SSSR count). The second-order valence-corrected chi connectivity index (χ2v) is 3.87. The molecule has 0 saturated carbocycles. The number of non-ortho nitro benzene ring substituents is 1. The number of nitrogens with one attached hydrogen (secondary N) is 1. The van der Waals surface area contributed by atoms with Gasteiger partial charge in [-0.3, -0.25) is 15.2 Å². The number of fused-ring (bicyclic) bond motifs is 1. The van der Waals surface area contributed by atoms with Crippen LogP contribution in [0.4, 0.5) is 5.69 Å². The second-order valence-electron chi connectivity index (χ2n) is 3.87. The second kappa shape index (κ2) is 3.96. The fraction of sp³-hybridized carbons (Fsp3) is 0. The van der Waals surface area contributed by atoms with Gasteiger partial charge in [-0.25, -0.2) is 0 Å². The molecule has 0 atom stereocenters. The molecule has 19 heavy (non-hydrogen) atoms. The van der Waals surface area contributed by atoms with Gasteiger partial charge >= 0.3 is 0 Å². The molecule has 3 aromatic rings. The fourth-order valence-corrected chi connectivity index (χ4v) is 1.85. The van der Waals surface area contributed by atoms with E-state index in [1.807, 2.05) is 6.07 Å². The molecular weight excluding hydrogens is 248 g/mol. The van der Waals surface area contributed by atoms with Crippen LogP contribution in [0.2, 0.25) is 0 Å². The monoisotopic (exact) mass is 254 g/mol.